The molecule has 2 amide bonds. The Morgan fingerprint density at radius 3 is 2.25 bits per heavy atom. The predicted octanol–water partition coefficient (Wildman–Crippen LogP) is 4.10. The number of rotatable bonds is 12. The fraction of sp³-hybridized carbons (Fsp3) is 0.360. The van der Waals surface area contributed by atoms with Gasteiger partial charge in [0.15, 0.2) is 0 Å². The Labute approximate surface area is 189 Å². The summed E-state index contributed by atoms with van der Waals surface area (Å²) in [7, 11) is 0. The molecule has 0 spiro atoms. The van der Waals surface area contributed by atoms with Crippen LogP contribution in [0.15, 0.2) is 54.2 Å². The summed E-state index contributed by atoms with van der Waals surface area (Å²) in [4.78, 5) is 27.8. The third-order valence-electron chi connectivity index (χ3n) is 4.91. The smallest absolute Gasteiger partial charge is 0.278 e. The number of ether oxygens (including phenoxy) is 3. The van der Waals surface area contributed by atoms with E-state index in [4.69, 9.17) is 14.2 Å². The Kier molecular flexibility index (Phi) is 8.27. The zero-order chi connectivity index (χ0) is 22.9. The van der Waals surface area contributed by atoms with Gasteiger partial charge < -0.3 is 19.5 Å². The van der Waals surface area contributed by atoms with Crippen LogP contribution in [0.5, 0.6) is 11.5 Å². The second-order valence-electron chi connectivity index (χ2n) is 7.11. The minimum atomic E-state index is -0.350. The molecule has 0 fully saturated rings. The van der Waals surface area contributed by atoms with Crippen LogP contribution in [-0.2, 0) is 14.3 Å². The van der Waals surface area contributed by atoms with Crippen molar-refractivity contribution in [2.45, 2.75) is 27.2 Å². The van der Waals surface area contributed by atoms with Gasteiger partial charge in [0.05, 0.1) is 18.8 Å². The number of carbonyl (C=O) groups is 2. The molecule has 1 aliphatic rings. The van der Waals surface area contributed by atoms with Gasteiger partial charge in [0.1, 0.15) is 17.2 Å². The first-order valence-electron chi connectivity index (χ1n) is 11.0. The minimum absolute atomic E-state index is 0.254. The second-order valence-corrected chi connectivity index (χ2v) is 7.11. The van der Waals surface area contributed by atoms with Gasteiger partial charge in [0.2, 0.25) is 0 Å². The maximum absolute atomic E-state index is 13.3. The van der Waals surface area contributed by atoms with Crippen LogP contribution in [0.25, 0.3) is 5.57 Å². The Balaban J connectivity index is 1.92. The lowest BCUT2D eigenvalue weighted by Gasteiger charge is -2.15. The molecule has 0 bridgehead atoms. The van der Waals surface area contributed by atoms with E-state index in [9.17, 15) is 9.59 Å². The molecule has 0 aliphatic carbocycles. The van der Waals surface area contributed by atoms with Crippen molar-refractivity contribution in [1.29, 1.82) is 0 Å². The van der Waals surface area contributed by atoms with Crippen molar-refractivity contribution >= 4 is 23.1 Å². The molecule has 170 valence electrons. The first-order valence-corrected chi connectivity index (χ1v) is 11.0. The predicted molar refractivity (Wildman–Crippen MR) is 124 cm³/mol. The summed E-state index contributed by atoms with van der Waals surface area (Å²) in [6.45, 7) is 8.20. The highest BCUT2D eigenvalue weighted by atomic mass is 16.5. The average Bonchev–Trinajstić information content (AvgIpc) is 3.02. The monoisotopic (exact) mass is 438 g/mol. The van der Waals surface area contributed by atoms with E-state index in [0.29, 0.717) is 67.7 Å². The molecule has 0 unspecified atom stereocenters. The SMILES string of the molecule is CCOCCCN1C(=O)C(Nc2cccc(OCC)c2)=C(c2ccc(OCC)cc2)C1=O. The Morgan fingerprint density at radius 1 is 0.844 bits per heavy atom. The van der Waals surface area contributed by atoms with Crippen molar-refractivity contribution < 1.29 is 23.8 Å². The lowest BCUT2D eigenvalue weighted by atomic mass is 10.0. The van der Waals surface area contributed by atoms with Crippen molar-refractivity contribution in [1.82, 2.24) is 4.90 Å². The molecule has 1 N–H and O–H groups in total. The fourth-order valence-electron chi connectivity index (χ4n) is 3.49. The number of nitrogens with zero attached hydrogens (tertiary/aromatic N) is 1. The van der Waals surface area contributed by atoms with Crippen molar-refractivity contribution in [2.24, 2.45) is 0 Å². The molecule has 7 heteroatoms. The van der Waals surface area contributed by atoms with E-state index >= 15 is 0 Å². The summed E-state index contributed by atoms with van der Waals surface area (Å²) in [6, 6.07) is 14.5. The van der Waals surface area contributed by atoms with Gasteiger partial charge >= 0.3 is 0 Å². The largest absolute Gasteiger partial charge is 0.494 e. The van der Waals surface area contributed by atoms with Gasteiger partial charge in [0.25, 0.3) is 11.8 Å². The summed E-state index contributed by atoms with van der Waals surface area (Å²) >= 11 is 0. The van der Waals surface area contributed by atoms with Crippen LogP contribution in [0.3, 0.4) is 0 Å². The number of benzene rings is 2. The maximum Gasteiger partial charge on any atom is 0.278 e. The van der Waals surface area contributed by atoms with E-state index in [1.807, 2.05) is 45.0 Å². The van der Waals surface area contributed by atoms with Gasteiger partial charge in [-0.2, -0.15) is 0 Å². The van der Waals surface area contributed by atoms with Gasteiger partial charge in [-0.15, -0.1) is 0 Å². The summed E-state index contributed by atoms with van der Waals surface area (Å²) in [5.74, 6) is 0.725. The molecular formula is C25H30N2O5. The van der Waals surface area contributed by atoms with E-state index in [1.54, 1.807) is 24.3 Å². The van der Waals surface area contributed by atoms with Crippen LogP contribution in [0.4, 0.5) is 5.69 Å². The molecule has 0 atom stereocenters. The van der Waals surface area contributed by atoms with Gasteiger partial charge in [-0.05, 0) is 57.0 Å². The first-order chi connectivity index (χ1) is 15.6. The van der Waals surface area contributed by atoms with E-state index in [0.717, 1.165) is 0 Å². The highest BCUT2D eigenvalue weighted by Gasteiger charge is 2.38. The Hall–Kier alpha value is -3.32. The van der Waals surface area contributed by atoms with Crippen molar-refractivity contribution in [3.8, 4) is 11.5 Å². The molecule has 2 aromatic carbocycles. The molecule has 1 aliphatic heterocycles. The first kappa shape index (κ1) is 23.3. The van der Waals surface area contributed by atoms with Gasteiger partial charge in [-0.3, -0.25) is 14.5 Å². The topological polar surface area (TPSA) is 77.1 Å². The standard InChI is InChI=1S/C25H30N2O5/c1-4-30-16-8-15-27-24(28)22(18-11-13-20(14-12-18)31-5-2)23(25(27)29)26-19-9-7-10-21(17-19)32-6-3/h7,9-14,17,26H,4-6,8,15-16H2,1-3H3. The Morgan fingerprint density at radius 2 is 1.56 bits per heavy atom. The van der Waals surface area contributed by atoms with Crippen molar-refractivity contribution in [3.63, 3.8) is 0 Å². The zero-order valence-electron chi connectivity index (χ0n) is 18.8. The van der Waals surface area contributed by atoms with E-state index in [1.165, 1.54) is 4.90 Å². The summed E-state index contributed by atoms with van der Waals surface area (Å²) in [5.41, 5.74) is 1.93. The van der Waals surface area contributed by atoms with E-state index in [2.05, 4.69) is 5.32 Å². The number of imide groups is 1. The summed E-state index contributed by atoms with van der Waals surface area (Å²) in [5, 5.41) is 3.16. The minimum Gasteiger partial charge on any atom is -0.494 e. The molecular weight excluding hydrogens is 408 g/mol. The average molecular weight is 439 g/mol. The highest BCUT2D eigenvalue weighted by molar-refractivity contribution is 6.36. The third kappa shape index (κ3) is 5.48. The molecule has 1 heterocycles. The molecule has 7 nitrogen and oxygen atoms in total. The Bertz CT molecular complexity index is 969. The van der Waals surface area contributed by atoms with Gasteiger partial charge in [-0.25, -0.2) is 0 Å². The summed E-state index contributed by atoms with van der Waals surface area (Å²) in [6.07, 6.45) is 0.578. The zero-order valence-corrected chi connectivity index (χ0v) is 18.8. The number of nitrogens with one attached hydrogen (secondary N) is 1. The normalized spacial score (nSPS) is 13.7. The lowest BCUT2D eigenvalue weighted by Crippen LogP contribution is -2.34. The number of hydrogen-bond acceptors (Lipinski definition) is 6. The van der Waals surface area contributed by atoms with Crippen LogP contribution >= 0.6 is 0 Å². The van der Waals surface area contributed by atoms with Gasteiger partial charge in [-0.1, -0.05) is 18.2 Å². The van der Waals surface area contributed by atoms with Crippen molar-refractivity contribution in [3.05, 3.63) is 59.8 Å². The van der Waals surface area contributed by atoms with Crippen LogP contribution < -0.4 is 14.8 Å². The van der Waals surface area contributed by atoms with E-state index in [-0.39, 0.29) is 17.5 Å². The lowest BCUT2D eigenvalue weighted by molar-refractivity contribution is -0.137. The molecule has 3 rings (SSSR count). The number of anilines is 1. The fourth-order valence-corrected chi connectivity index (χ4v) is 3.49. The molecule has 0 saturated heterocycles. The molecule has 0 saturated carbocycles. The quantitative estimate of drug-likeness (QED) is 0.397. The van der Waals surface area contributed by atoms with Gasteiger partial charge in [0, 0.05) is 31.5 Å². The molecule has 2 aromatic rings. The van der Waals surface area contributed by atoms with E-state index < -0.39 is 0 Å². The molecule has 0 aromatic heterocycles. The number of hydrogen-bond donors (Lipinski definition) is 1. The molecule has 0 radical (unpaired) electrons. The maximum atomic E-state index is 13.3. The van der Waals surface area contributed by atoms with Crippen LogP contribution in [0.2, 0.25) is 0 Å². The number of amides is 2. The van der Waals surface area contributed by atoms with Crippen LogP contribution in [0.1, 0.15) is 32.8 Å². The third-order valence-corrected chi connectivity index (χ3v) is 4.91. The van der Waals surface area contributed by atoms with Crippen LogP contribution in [0, 0.1) is 0 Å². The highest BCUT2D eigenvalue weighted by Crippen LogP contribution is 2.32. The molecule has 32 heavy (non-hydrogen) atoms. The summed E-state index contributed by atoms with van der Waals surface area (Å²) < 4.78 is 16.4. The van der Waals surface area contributed by atoms with Crippen LogP contribution in [-0.4, -0.2) is 49.7 Å². The van der Waals surface area contributed by atoms with Crippen molar-refractivity contribution in [2.75, 3.05) is 38.3 Å². The second kappa shape index (κ2) is 11.3. The number of carbonyl (C=O) groups excluding carboxylic acids is 2.